The fraction of sp³-hybridized carbons (Fsp3) is 0.771. The number of ether oxygens (including phenoxy) is 2. The summed E-state index contributed by atoms with van der Waals surface area (Å²) in [6, 6.07) is 0.0795. The van der Waals surface area contributed by atoms with Crippen molar-refractivity contribution >= 4 is 23.5 Å². The van der Waals surface area contributed by atoms with Gasteiger partial charge >= 0.3 is 5.97 Å². The smallest absolute Gasteiger partial charge is 0.350 e. The molecule has 0 amide bonds. The van der Waals surface area contributed by atoms with Crippen molar-refractivity contribution in [1.29, 1.82) is 0 Å². The van der Waals surface area contributed by atoms with Gasteiger partial charge in [-0.15, -0.1) is 0 Å². The molecule has 0 aromatic heterocycles. The summed E-state index contributed by atoms with van der Waals surface area (Å²) in [6.45, 7) is 8.02. The Labute approximate surface area is 274 Å². The molecule has 5 aliphatic rings. The van der Waals surface area contributed by atoms with Gasteiger partial charge in [-0.05, 0) is 76.8 Å². The number of carbonyl (C=O) groups is 3. The molecular weight excluding hydrogens is 584 g/mol. The summed E-state index contributed by atoms with van der Waals surface area (Å²) in [5.41, 5.74) is 9.95. The van der Waals surface area contributed by atoms with Gasteiger partial charge in [-0.3, -0.25) is 14.6 Å². The second kappa shape index (κ2) is 14.7. The number of hydrogen-bond donors (Lipinski definition) is 5. The molecule has 256 valence electrons. The van der Waals surface area contributed by atoms with Crippen LogP contribution in [0.4, 0.5) is 0 Å². The zero-order chi connectivity index (χ0) is 33.1. The van der Waals surface area contributed by atoms with Crippen molar-refractivity contribution in [1.82, 2.24) is 16.0 Å². The maximum atomic E-state index is 14.2. The van der Waals surface area contributed by atoms with Crippen LogP contribution in [-0.4, -0.2) is 79.7 Å². The van der Waals surface area contributed by atoms with E-state index < -0.39 is 29.0 Å². The minimum absolute atomic E-state index is 0.00646. The van der Waals surface area contributed by atoms with E-state index in [1.54, 1.807) is 7.05 Å². The van der Waals surface area contributed by atoms with Crippen molar-refractivity contribution in [3.05, 3.63) is 23.8 Å². The summed E-state index contributed by atoms with van der Waals surface area (Å²) in [4.78, 5) is 46.5. The molecule has 46 heavy (non-hydrogen) atoms. The van der Waals surface area contributed by atoms with Crippen LogP contribution in [0, 0.1) is 29.6 Å². The average molecular weight is 641 g/mol. The van der Waals surface area contributed by atoms with Gasteiger partial charge in [0.2, 0.25) is 0 Å². The lowest BCUT2D eigenvalue weighted by atomic mass is 9.61. The second-order valence-corrected chi connectivity index (χ2v) is 14.2. The number of allylic oxidation sites excluding steroid dienone is 1. The number of carbonyl (C=O) groups excluding carboxylic acids is 3. The fourth-order valence-electron chi connectivity index (χ4n) is 8.58. The molecule has 2 aliphatic heterocycles. The topological polar surface area (TPSA) is 173 Å². The van der Waals surface area contributed by atoms with E-state index in [0.29, 0.717) is 31.1 Å². The van der Waals surface area contributed by atoms with Gasteiger partial charge in [0.25, 0.3) is 5.60 Å². The third kappa shape index (κ3) is 6.70. The molecule has 10 atom stereocenters. The molecule has 4 fully saturated rings. The first-order valence-corrected chi connectivity index (χ1v) is 17.6. The third-order valence-corrected chi connectivity index (χ3v) is 11.3. The number of piperidine rings is 1. The Kier molecular flexibility index (Phi) is 11.1. The van der Waals surface area contributed by atoms with Crippen molar-refractivity contribution in [3.8, 4) is 0 Å². The molecule has 2 heterocycles. The summed E-state index contributed by atoms with van der Waals surface area (Å²) in [6.07, 6.45) is 13.8. The van der Waals surface area contributed by atoms with Gasteiger partial charge < -0.3 is 36.9 Å². The lowest BCUT2D eigenvalue weighted by Crippen LogP contribution is -2.58. The highest BCUT2D eigenvalue weighted by molar-refractivity contribution is 6.23. The molecule has 2 saturated carbocycles. The highest BCUT2D eigenvalue weighted by Gasteiger charge is 2.86. The fourth-order valence-corrected chi connectivity index (χ4v) is 8.58. The normalized spacial score (nSPS) is 38.5. The van der Waals surface area contributed by atoms with E-state index in [-0.39, 0.29) is 54.7 Å². The van der Waals surface area contributed by atoms with Gasteiger partial charge in [0.15, 0.2) is 23.1 Å². The molecule has 11 nitrogen and oxygen atoms in total. The van der Waals surface area contributed by atoms with Crippen LogP contribution >= 0.6 is 0 Å². The Morgan fingerprint density at radius 1 is 1.17 bits per heavy atom. The van der Waals surface area contributed by atoms with E-state index in [1.807, 2.05) is 13.0 Å². The summed E-state index contributed by atoms with van der Waals surface area (Å²) < 4.78 is 12.2. The number of nitrogens with zero attached hydrogens (tertiary/aromatic N) is 1. The molecule has 5 rings (SSSR count). The summed E-state index contributed by atoms with van der Waals surface area (Å²) in [7, 11) is 1.65. The number of epoxide rings is 1. The predicted octanol–water partition coefficient (Wildman–Crippen LogP) is 2.49. The number of fused-ring (bicyclic) bond motifs is 2. The van der Waals surface area contributed by atoms with Crippen LogP contribution in [-0.2, 0) is 23.9 Å². The summed E-state index contributed by atoms with van der Waals surface area (Å²) >= 11 is 0. The average Bonchev–Trinajstić information content (AvgIpc) is 3.77. The Morgan fingerprint density at radius 2 is 1.91 bits per heavy atom. The predicted molar refractivity (Wildman–Crippen MR) is 178 cm³/mol. The van der Waals surface area contributed by atoms with E-state index in [1.165, 1.54) is 0 Å². The SMILES string of the molecule is CCNC1C=CC(CC)CC1COC(=O)C12OC1(CC=C(C)CC(NC(N)=NC)C1CCNC(N)C1)C(=O)C1CCCCC1C2=O. The minimum atomic E-state index is -1.86. The maximum Gasteiger partial charge on any atom is 0.350 e. The summed E-state index contributed by atoms with van der Waals surface area (Å²) in [5, 5.41) is 10.1. The number of aliphatic imine (C=N–C) groups is 1. The van der Waals surface area contributed by atoms with Crippen molar-refractivity contribution < 1.29 is 23.9 Å². The van der Waals surface area contributed by atoms with E-state index in [0.717, 1.165) is 57.2 Å². The molecule has 0 aromatic carbocycles. The van der Waals surface area contributed by atoms with Gasteiger partial charge in [0.05, 0.1) is 12.8 Å². The molecule has 0 radical (unpaired) electrons. The number of rotatable bonds is 12. The first-order chi connectivity index (χ1) is 22.1. The third-order valence-electron chi connectivity index (χ3n) is 11.3. The molecular formula is C35H56N6O5. The molecule has 3 aliphatic carbocycles. The van der Waals surface area contributed by atoms with Gasteiger partial charge in [0.1, 0.15) is 0 Å². The number of ketones is 2. The largest absolute Gasteiger partial charge is 0.463 e. The first kappa shape index (κ1) is 34.7. The van der Waals surface area contributed by atoms with Crippen LogP contribution in [0.25, 0.3) is 0 Å². The lowest BCUT2D eigenvalue weighted by Gasteiger charge is -2.37. The van der Waals surface area contributed by atoms with E-state index in [4.69, 9.17) is 20.9 Å². The van der Waals surface area contributed by atoms with Crippen molar-refractivity contribution in [3.63, 3.8) is 0 Å². The van der Waals surface area contributed by atoms with E-state index in [9.17, 15) is 14.4 Å². The van der Waals surface area contributed by atoms with Gasteiger partial charge in [-0.1, -0.05) is 50.5 Å². The summed E-state index contributed by atoms with van der Waals surface area (Å²) in [5.74, 6) is -0.836. The van der Waals surface area contributed by atoms with Crippen molar-refractivity contribution in [2.45, 2.75) is 114 Å². The highest BCUT2D eigenvalue weighted by Crippen LogP contribution is 2.61. The van der Waals surface area contributed by atoms with Gasteiger partial charge in [-0.25, -0.2) is 4.79 Å². The minimum Gasteiger partial charge on any atom is -0.463 e. The monoisotopic (exact) mass is 640 g/mol. The number of esters is 1. The van der Waals surface area contributed by atoms with E-state index >= 15 is 0 Å². The zero-order valence-corrected chi connectivity index (χ0v) is 28.2. The molecule has 10 unspecified atom stereocenters. The number of hydrogen-bond acceptors (Lipinski definition) is 9. The Balaban J connectivity index is 1.35. The number of guanidine groups is 1. The zero-order valence-electron chi connectivity index (χ0n) is 28.2. The van der Waals surface area contributed by atoms with Crippen LogP contribution in [0.15, 0.2) is 28.8 Å². The first-order valence-electron chi connectivity index (χ1n) is 17.6. The number of Topliss-reactive ketones (excluding diaryl/α,β-unsaturated/α-hetero) is 2. The second-order valence-electron chi connectivity index (χ2n) is 14.2. The number of nitrogens with two attached hydrogens (primary N) is 2. The number of nitrogens with one attached hydrogen (secondary N) is 3. The maximum absolute atomic E-state index is 14.2. The molecule has 0 bridgehead atoms. The Morgan fingerprint density at radius 3 is 2.59 bits per heavy atom. The molecule has 7 N–H and O–H groups in total. The molecule has 11 heteroatoms. The molecule has 0 spiro atoms. The lowest BCUT2D eigenvalue weighted by molar-refractivity contribution is -0.160. The van der Waals surface area contributed by atoms with Crippen LogP contribution < -0.4 is 27.4 Å². The van der Waals surface area contributed by atoms with Crippen LogP contribution in [0.1, 0.15) is 85.0 Å². The Hall–Kier alpha value is -2.60. The quantitative estimate of drug-likeness (QED) is 0.0533. The van der Waals surface area contributed by atoms with Crippen molar-refractivity contribution in [2.75, 3.05) is 26.7 Å². The van der Waals surface area contributed by atoms with E-state index in [2.05, 4.69) is 46.9 Å². The molecule has 0 aromatic rings. The Bertz CT molecular complexity index is 1240. The number of likely N-dealkylation sites (N-methyl/N-ethyl adjacent to an activating group) is 1. The van der Waals surface area contributed by atoms with Gasteiger partial charge in [-0.2, -0.15) is 0 Å². The van der Waals surface area contributed by atoms with Crippen LogP contribution in [0.5, 0.6) is 0 Å². The standard InChI is InChI=1S/C35H56N6O5/c1-5-22-11-12-27(39-6-2)24(18-22)20-45-32(44)35-31(43)26-10-8-7-9-25(26)30(42)34(35,46-35)15-13-21(3)17-28(41-33(37)38-4)23-14-16-40-29(36)19-23/h11-13,22-29,39-40H,5-10,14-20,36H2,1-4H3,(H3,37,38,41). The van der Waals surface area contributed by atoms with Crippen LogP contribution in [0.2, 0.25) is 0 Å². The molecule has 2 saturated heterocycles. The highest BCUT2D eigenvalue weighted by atomic mass is 16.7. The van der Waals surface area contributed by atoms with Crippen molar-refractivity contribution in [2.24, 2.45) is 46.0 Å². The van der Waals surface area contributed by atoms with Crippen LogP contribution in [0.3, 0.4) is 0 Å². The van der Waals surface area contributed by atoms with Gasteiger partial charge in [0, 0.05) is 43.3 Å².